The number of aromatic nitrogens is 2. The first-order chi connectivity index (χ1) is 8.76. The molecule has 2 aromatic heterocycles. The van der Waals surface area contributed by atoms with Crippen LogP contribution in [0.3, 0.4) is 0 Å². The van der Waals surface area contributed by atoms with Gasteiger partial charge in [-0.2, -0.15) is 0 Å². The predicted octanol–water partition coefficient (Wildman–Crippen LogP) is 2.40. The number of fused-ring (bicyclic) bond motifs is 1. The minimum atomic E-state index is 0.320. The van der Waals surface area contributed by atoms with Crippen LogP contribution in [0.1, 0.15) is 24.6 Å². The molecule has 2 aromatic rings. The molecule has 0 aliphatic heterocycles. The van der Waals surface area contributed by atoms with Crippen molar-refractivity contribution in [2.24, 2.45) is 11.1 Å². The van der Waals surface area contributed by atoms with E-state index in [0.717, 1.165) is 35.5 Å². The van der Waals surface area contributed by atoms with Gasteiger partial charge in [0.05, 0.1) is 5.39 Å². The highest BCUT2D eigenvalue weighted by atomic mass is 32.1. The summed E-state index contributed by atoms with van der Waals surface area (Å²) in [6.45, 7) is 3.85. The fraction of sp³-hybridized carbons (Fsp3) is 0.538. The Morgan fingerprint density at radius 2 is 2.28 bits per heavy atom. The van der Waals surface area contributed by atoms with Crippen LogP contribution in [-0.4, -0.2) is 23.1 Å². The van der Waals surface area contributed by atoms with Gasteiger partial charge in [0.15, 0.2) is 0 Å². The summed E-state index contributed by atoms with van der Waals surface area (Å²) in [7, 11) is 0. The van der Waals surface area contributed by atoms with Gasteiger partial charge in [-0.3, -0.25) is 0 Å². The van der Waals surface area contributed by atoms with E-state index in [0.29, 0.717) is 5.41 Å². The summed E-state index contributed by atoms with van der Waals surface area (Å²) in [6.07, 6.45) is 5.15. The van der Waals surface area contributed by atoms with Gasteiger partial charge < -0.3 is 11.1 Å². The molecule has 0 spiro atoms. The molecule has 2 heterocycles. The number of hydrogen-bond acceptors (Lipinski definition) is 5. The molecule has 1 aliphatic rings. The van der Waals surface area contributed by atoms with Crippen LogP contribution in [0.4, 0.5) is 5.82 Å². The number of anilines is 1. The predicted molar refractivity (Wildman–Crippen MR) is 76.0 cm³/mol. The lowest BCUT2D eigenvalue weighted by atomic mass is 10.1. The molecule has 0 bridgehead atoms. The van der Waals surface area contributed by atoms with Gasteiger partial charge in [-0.1, -0.05) is 6.92 Å². The molecule has 1 fully saturated rings. The van der Waals surface area contributed by atoms with Crippen LogP contribution >= 0.6 is 11.3 Å². The molecule has 0 aromatic carbocycles. The highest BCUT2D eigenvalue weighted by Crippen LogP contribution is 2.44. The van der Waals surface area contributed by atoms with Gasteiger partial charge in [0.1, 0.15) is 17.0 Å². The van der Waals surface area contributed by atoms with E-state index < -0.39 is 0 Å². The second-order valence-corrected chi connectivity index (χ2v) is 6.18. The molecule has 3 N–H and O–H groups in total. The van der Waals surface area contributed by atoms with Gasteiger partial charge in [-0.15, -0.1) is 11.3 Å². The highest BCUT2D eigenvalue weighted by molar-refractivity contribution is 7.18. The van der Waals surface area contributed by atoms with Crippen LogP contribution in [0.2, 0.25) is 0 Å². The first-order valence-electron chi connectivity index (χ1n) is 6.44. The molecule has 0 saturated heterocycles. The van der Waals surface area contributed by atoms with Crippen molar-refractivity contribution in [2.45, 2.75) is 26.2 Å². The molecule has 1 aliphatic carbocycles. The van der Waals surface area contributed by atoms with E-state index in [2.05, 4.69) is 28.3 Å². The van der Waals surface area contributed by atoms with Crippen molar-refractivity contribution in [1.29, 1.82) is 0 Å². The number of rotatable bonds is 5. The third-order valence-electron chi connectivity index (χ3n) is 3.75. The number of nitrogens with zero attached hydrogens (tertiary/aromatic N) is 2. The average Bonchev–Trinajstić information content (AvgIpc) is 3.06. The monoisotopic (exact) mass is 262 g/mol. The second-order valence-electron chi connectivity index (χ2n) is 5.07. The van der Waals surface area contributed by atoms with E-state index in [1.807, 2.05) is 0 Å². The SMILES string of the molecule is CCc1cc2c(NCC3(CN)CC3)ncnc2s1. The minimum absolute atomic E-state index is 0.320. The van der Waals surface area contributed by atoms with Gasteiger partial charge in [0, 0.05) is 11.4 Å². The van der Waals surface area contributed by atoms with Crippen molar-refractivity contribution in [1.82, 2.24) is 9.97 Å². The van der Waals surface area contributed by atoms with Gasteiger partial charge in [-0.05, 0) is 37.3 Å². The van der Waals surface area contributed by atoms with Crippen LogP contribution in [-0.2, 0) is 6.42 Å². The first kappa shape index (κ1) is 11.9. The third-order valence-corrected chi connectivity index (χ3v) is 4.94. The summed E-state index contributed by atoms with van der Waals surface area (Å²) in [4.78, 5) is 11.1. The van der Waals surface area contributed by atoms with Crippen molar-refractivity contribution >= 4 is 27.4 Å². The lowest BCUT2D eigenvalue weighted by molar-refractivity contribution is 0.555. The molecule has 1 saturated carbocycles. The smallest absolute Gasteiger partial charge is 0.138 e. The number of hydrogen-bond donors (Lipinski definition) is 2. The number of thiophene rings is 1. The molecule has 96 valence electrons. The Morgan fingerprint density at radius 1 is 1.44 bits per heavy atom. The van der Waals surface area contributed by atoms with Crippen LogP contribution in [0.15, 0.2) is 12.4 Å². The van der Waals surface area contributed by atoms with Crippen molar-refractivity contribution < 1.29 is 0 Å². The quantitative estimate of drug-likeness (QED) is 0.868. The molecule has 18 heavy (non-hydrogen) atoms. The van der Waals surface area contributed by atoms with E-state index in [4.69, 9.17) is 5.73 Å². The summed E-state index contributed by atoms with van der Waals surface area (Å²) >= 11 is 1.75. The zero-order valence-corrected chi connectivity index (χ0v) is 11.4. The van der Waals surface area contributed by atoms with Crippen LogP contribution in [0.5, 0.6) is 0 Å². The van der Waals surface area contributed by atoms with Gasteiger partial charge >= 0.3 is 0 Å². The van der Waals surface area contributed by atoms with Crippen molar-refractivity contribution in [2.75, 3.05) is 18.4 Å². The molecule has 4 nitrogen and oxygen atoms in total. The maximum absolute atomic E-state index is 5.80. The zero-order valence-electron chi connectivity index (χ0n) is 10.6. The fourth-order valence-electron chi connectivity index (χ4n) is 2.12. The Morgan fingerprint density at radius 3 is 2.94 bits per heavy atom. The van der Waals surface area contributed by atoms with E-state index in [1.165, 1.54) is 17.7 Å². The Kier molecular flexibility index (Phi) is 2.95. The van der Waals surface area contributed by atoms with E-state index in [9.17, 15) is 0 Å². The standard InChI is InChI=1S/C13H18N4S/c1-2-9-5-10-11(16-8-17-12(10)18-9)15-7-13(6-14)3-4-13/h5,8H,2-4,6-7,14H2,1H3,(H,15,16,17). The maximum atomic E-state index is 5.80. The Bertz CT molecular complexity index is 559. The Hall–Kier alpha value is -1.20. The third kappa shape index (κ3) is 2.08. The lowest BCUT2D eigenvalue weighted by Gasteiger charge is -2.13. The maximum Gasteiger partial charge on any atom is 0.138 e. The van der Waals surface area contributed by atoms with E-state index >= 15 is 0 Å². The molecule has 3 rings (SSSR count). The summed E-state index contributed by atoms with van der Waals surface area (Å²) in [5.41, 5.74) is 6.12. The molecule has 0 amide bonds. The van der Waals surface area contributed by atoms with E-state index in [1.54, 1.807) is 17.7 Å². The second kappa shape index (κ2) is 4.48. The van der Waals surface area contributed by atoms with Crippen molar-refractivity contribution in [3.8, 4) is 0 Å². The normalized spacial score (nSPS) is 17.0. The van der Waals surface area contributed by atoms with Gasteiger partial charge in [0.2, 0.25) is 0 Å². The molecule has 0 atom stereocenters. The van der Waals surface area contributed by atoms with Gasteiger partial charge in [-0.25, -0.2) is 9.97 Å². The highest BCUT2D eigenvalue weighted by Gasteiger charge is 2.40. The van der Waals surface area contributed by atoms with Crippen LogP contribution in [0, 0.1) is 5.41 Å². The lowest BCUT2D eigenvalue weighted by Crippen LogP contribution is -2.24. The summed E-state index contributed by atoms with van der Waals surface area (Å²) in [5.74, 6) is 0.954. The Labute approximate surface area is 111 Å². The van der Waals surface area contributed by atoms with Crippen LogP contribution < -0.4 is 11.1 Å². The summed E-state index contributed by atoms with van der Waals surface area (Å²) in [5, 5.41) is 4.60. The molecule has 5 heteroatoms. The molecule has 0 unspecified atom stereocenters. The Balaban J connectivity index is 1.84. The van der Waals surface area contributed by atoms with E-state index in [-0.39, 0.29) is 0 Å². The molecular weight excluding hydrogens is 244 g/mol. The topological polar surface area (TPSA) is 63.8 Å². The fourth-order valence-corrected chi connectivity index (χ4v) is 3.06. The number of nitrogens with two attached hydrogens (primary N) is 1. The van der Waals surface area contributed by atoms with Crippen molar-refractivity contribution in [3.63, 3.8) is 0 Å². The van der Waals surface area contributed by atoms with Crippen molar-refractivity contribution in [3.05, 3.63) is 17.3 Å². The minimum Gasteiger partial charge on any atom is -0.369 e. The number of nitrogens with one attached hydrogen (secondary N) is 1. The van der Waals surface area contributed by atoms with Gasteiger partial charge in [0.25, 0.3) is 0 Å². The molecule has 0 radical (unpaired) electrons. The van der Waals surface area contributed by atoms with Crippen LogP contribution in [0.25, 0.3) is 10.2 Å². The molecular formula is C13H18N4S. The zero-order chi connectivity index (χ0) is 12.6. The average molecular weight is 262 g/mol. The first-order valence-corrected chi connectivity index (χ1v) is 7.25. The summed E-state index contributed by atoms with van der Waals surface area (Å²) < 4.78 is 0. The number of aryl methyl sites for hydroxylation is 1. The largest absolute Gasteiger partial charge is 0.369 e. The summed E-state index contributed by atoms with van der Waals surface area (Å²) in [6, 6.07) is 2.20.